The molecule has 1 aromatic carbocycles. The molecule has 0 spiro atoms. The predicted molar refractivity (Wildman–Crippen MR) is 65.9 cm³/mol. The normalized spacial score (nSPS) is 12.9. The van der Waals surface area contributed by atoms with Gasteiger partial charge in [0.2, 0.25) is 5.91 Å². The minimum atomic E-state index is -3.38. The van der Waals surface area contributed by atoms with Crippen molar-refractivity contribution in [2.45, 2.75) is 12.2 Å². The van der Waals surface area contributed by atoms with Gasteiger partial charge in [-0.3, -0.25) is 4.79 Å². The molecule has 0 bridgehead atoms. The largest absolute Gasteiger partial charge is 0.497 e. The van der Waals surface area contributed by atoms with Gasteiger partial charge in [-0.2, -0.15) is 0 Å². The van der Waals surface area contributed by atoms with Gasteiger partial charge >= 0.3 is 0 Å². The van der Waals surface area contributed by atoms with Crippen LogP contribution in [-0.2, 0) is 14.6 Å². The molecule has 94 valence electrons. The number of nitrogens with one attached hydrogen (secondary N) is 1. The van der Waals surface area contributed by atoms with Crippen molar-refractivity contribution in [3.05, 3.63) is 24.3 Å². The third-order valence-electron chi connectivity index (χ3n) is 2.35. The van der Waals surface area contributed by atoms with E-state index in [-0.39, 0.29) is 0 Å². The standard InChI is InChI=1S/C11H15NO4S/c1-8(17(3,14)15)11(13)12-9-5-4-6-10(7-9)16-2/h4-8H,1-3H3,(H,12,13). The number of rotatable bonds is 4. The molecule has 1 amide bonds. The summed E-state index contributed by atoms with van der Waals surface area (Å²) in [5.74, 6) is 0.0376. The average molecular weight is 257 g/mol. The van der Waals surface area contributed by atoms with E-state index in [2.05, 4.69) is 5.32 Å². The maximum Gasteiger partial charge on any atom is 0.242 e. The van der Waals surface area contributed by atoms with Crippen molar-refractivity contribution in [1.82, 2.24) is 0 Å². The van der Waals surface area contributed by atoms with Crippen LogP contribution in [0.2, 0.25) is 0 Å². The fourth-order valence-corrected chi connectivity index (χ4v) is 1.59. The van der Waals surface area contributed by atoms with E-state index >= 15 is 0 Å². The highest BCUT2D eigenvalue weighted by molar-refractivity contribution is 7.92. The Labute approximate surface area is 101 Å². The highest BCUT2D eigenvalue weighted by Gasteiger charge is 2.23. The van der Waals surface area contributed by atoms with Gasteiger partial charge in [0.1, 0.15) is 11.0 Å². The van der Waals surface area contributed by atoms with Crippen molar-refractivity contribution < 1.29 is 17.9 Å². The molecule has 0 saturated heterocycles. The summed E-state index contributed by atoms with van der Waals surface area (Å²) in [5, 5.41) is 1.45. The number of anilines is 1. The first-order chi connectivity index (χ1) is 7.84. The van der Waals surface area contributed by atoms with Crippen LogP contribution in [0.25, 0.3) is 0 Å². The molecule has 17 heavy (non-hydrogen) atoms. The van der Waals surface area contributed by atoms with E-state index in [9.17, 15) is 13.2 Å². The van der Waals surface area contributed by atoms with Crippen LogP contribution in [0.15, 0.2) is 24.3 Å². The molecule has 5 nitrogen and oxygen atoms in total. The van der Waals surface area contributed by atoms with E-state index in [1.165, 1.54) is 14.0 Å². The van der Waals surface area contributed by atoms with Gasteiger partial charge in [0.15, 0.2) is 9.84 Å². The topological polar surface area (TPSA) is 72.5 Å². The third-order valence-corrected chi connectivity index (χ3v) is 3.85. The van der Waals surface area contributed by atoms with Crippen LogP contribution < -0.4 is 10.1 Å². The zero-order valence-corrected chi connectivity index (χ0v) is 10.7. The van der Waals surface area contributed by atoms with Crippen LogP contribution in [0.4, 0.5) is 5.69 Å². The van der Waals surface area contributed by atoms with Crippen molar-refractivity contribution in [1.29, 1.82) is 0 Å². The van der Waals surface area contributed by atoms with E-state index < -0.39 is 21.0 Å². The lowest BCUT2D eigenvalue weighted by atomic mass is 10.3. The number of hydrogen-bond acceptors (Lipinski definition) is 4. The second-order valence-electron chi connectivity index (χ2n) is 3.69. The van der Waals surface area contributed by atoms with Gasteiger partial charge in [0, 0.05) is 18.0 Å². The number of carbonyl (C=O) groups excluding carboxylic acids is 1. The van der Waals surface area contributed by atoms with Gasteiger partial charge in [0.25, 0.3) is 0 Å². The van der Waals surface area contributed by atoms with Crippen LogP contribution in [0, 0.1) is 0 Å². The smallest absolute Gasteiger partial charge is 0.242 e. The molecule has 0 aliphatic carbocycles. The number of benzene rings is 1. The van der Waals surface area contributed by atoms with Crippen LogP contribution >= 0.6 is 0 Å². The maximum atomic E-state index is 11.6. The highest BCUT2D eigenvalue weighted by Crippen LogP contribution is 2.17. The monoisotopic (exact) mass is 257 g/mol. The molecule has 1 atom stereocenters. The summed E-state index contributed by atoms with van der Waals surface area (Å²) < 4.78 is 27.4. The molecule has 6 heteroatoms. The minimum Gasteiger partial charge on any atom is -0.497 e. The maximum absolute atomic E-state index is 11.6. The number of amides is 1. The predicted octanol–water partition coefficient (Wildman–Crippen LogP) is 1.07. The van der Waals surface area contributed by atoms with Crippen molar-refractivity contribution in [3.63, 3.8) is 0 Å². The Morgan fingerprint density at radius 1 is 1.41 bits per heavy atom. The summed E-state index contributed by atoms with van der Waals surface area (Å²) in [6, 6.07) is 6.72. The van der Waals surface area contributed by atoms with E-state index in [0.29, 0.717) is 11.4 Å². The first kappa shape index (κ1) is 13.5. The molecular weight excluding hydrogens is 242 g/mol. The summed E-state index contributed by atoms with van der Waals surface area (Å²) in [6.07, 6.45) is 1.03. The van der Waals surface area contributed by atoms with Crippen molar-refractivity contribution in [2.24, 2.45) is 0 Å². The molecular formula is C11H15NO4S. The second-order valence-corrected chi connectivity index (χ2v) is 6.06. The lowest BCUT2D eigenvalue weighted by Crippen LogP contribution is -2.31. The molecule has 1 rings (SSSR count). The highest BCUT2D eigenvalue weighted by atomic mass is 32.2. The second kappa shape index (κ2) is 5.18. The van der Waals surface area contributed by atoms with E-state index in [1.54, 1.807) is 24.3 Å². The lowest BCUT2D eigenvalue weighted by molar-refractivity contribution is -0.115. The van der Waals surface area contributed by atoms with Crippen LogP contribution in [0.1, 0.15) is 6.92 Å². The molecule has 1 N–H and O–H groups in total. The molecule has 0 fully saturated rings. The van der Waals surface area contributed by atoms with Crippen LogP contribution in [-0.4, -0.2) is 32.9 Å². The fraction of sp³-hybridized carbons (Fsp3) is 0.364. The van der Waals surface area contributed by atoms with Gasteiger partial charge in [-0.25, -0.2) is 8.42 Å². The fourth-order valence-electron chi connectivity index (χ4n) is 1.14. The SMILES string of the molecule is COc1cccc(NC(=O)C(C)S(C)(=O)=O)c1. The molecule has 0 aliphatic heterocycles. The van der Waals surface area contributed by atoms with Gasteiger partial charge in [0.05, 0.1) is 7.11 Å². The Hall–Kier alpha value is -1.56. The minimum absolute atomic E-state index is 0.504. The van der Waals surface area contributed by atoms with Crippen molar-refractivity contribution in [2.75, 3.05) is 18.7 Å². The Morgan fingerprint density at radius 3 is 2.59 bits per heavy atom. The number of ether oxygens (including phenoxy) is 1. The molecule has 1 unspecified atom stereocenters. The average Bonchev–Trinajstić information content (AvgIpc) is 2.27. The summed E-state index contributed by atoms with van der Waals surface area (Å²) in [4.78, 5) is 11.6. The number of methoxy groups -OCH3 is 1. The van der Waals surface area contributed by atoms with Crippen molar-refractivity contribution in [3.8, 4) is 5.75 Å². The molecule has 0 aliphatic rings. The first-order valence-electron chi connectivity index (χ1n) is 4.98. The summed E-state index contributed by atoms with van der Waals surface area (Å²) in [5.41, 5.74) is 0.504. The summed E-state index contributed by atoms with van der Waals surface area (Å²) in [6.45, 7) is 1.35. The Bertz CT molecular complexity index is 510. The van der Waals surface area contributed by atoms with E-state index in [0.717, 1.165) is 6.26 Å². The zero-order valence-electron chi connectivity index (χ0n) is 9.93. The molecule has 0 heterocycles. The molecule has 0 radical (unpaired) electrons. The van der Waals surface area contributed by atoms with Crippen molar-refractivity contribution >= 4 is 21.4 Å². The Balaban J connectivity index is 2.81. The molecule has 0 aromatic heterocycles. The number of hydrogen-bond donors (Lipinski definition) is 1. The van der Waals surface area contributed by atoms with Gasteiger partial charge in [-0.05, 0) is 19.1 Å². The number of sulfone groups is 1. The van der Waals surface area contributed by atoms with E-state index in [1.807, 2.05) is 0 Å². The Kier molecular flexibility index (Phi) is 4.11. The lowest BCUT2D eigenvalue weighted by Gasteiger charge is -2.11. The zero-order chi connectivity index (χ0) is 13.1. The van der Waals surface area contributed by atoms with Crippen LogP contribution in [0.5, 0.6) is 5.75 Å². The molecule has 0 saturated carbocycles. The number of carbonyl (C=O) groups is 1. The van der Waals surface area contributed by atoms with Crippen LogP contribution in [0.3, 0.4) is 0 Å². The van der Waals surface area contributed by atoms with Gasteiger partial charge in [-0.1, -0.05) is 6.07 Å². The first-order valence-corrected chi connectivity index (χ1v) is 6.94. The van der Waals surface area contributed by atoms with Gasteiger partial charge in [-0.15, -0.1) is 0 Å². The summed E-state index contributed by atoms with van der Waals surface area (Å²) in [7, 11) is -1.87. The third kappa shape index (κ3) is 3.74. The van der Waals surface area contributed by atoms with Gasteiger partial charge < -0.3 is 10.1 Å². The molecule has 1 aromatic rings. The van der Waals surface area contributed by atoms with E-state index in [4.69, 9.17) is 4.74 Å². The Morgan fingerprint density at radius 2 is 2.06 bits per heavy atom. The quantitative estimate of drug-likeness (QED) is 0.875. The summed E-state index contributed by atoms with van der Waals surface area (Å²) >= 11 is 0.